The molecule has 17 heavy (non-hydrogen) atoms. The van der Waals surface area contributed by atoms with Crippen molar-refractivity contribution in [1.29, 1.82) is 0 Å². The minimum atomic E-state index is 0.333. The lowest BCUT2D eigenvalue weighted by atomic mass is 9.93. The van der Waals surface area contributed by atoms with Gasteiger partial charge in [-0.3, -0.25) is 4.79 Å². The van der Waals surface area contributed by atoms with E-state index in [2.05, 4.69) is 0 Å². The molecule has 1 saturated heterocycles. The number of hydrogen-bond acceptors (Lipinski definition) is 2. The third-order valence-corrected chi connectivity index (χ3v) is 3.83. The summed E-state index contributed by atoms with van der Waals surface area (Å²) in [7, 11) is 0. The standard InChI is InChI=1S/C15H24O2/c16-14(12-13-6-2-1-3-7-13)8-4-9-15-10-5-11-17-15/h12,15H,1-11H2. The van der Waals surface area contributed by atoms with Crippen molar-refractivity contribution in [3.05, 3.63) is 11.6 Å². The van der Waals surface area contributed by atoms with Crippen LogP contribution in [0.1, 0.15) is 64.2 Å². The van der Waals surface area contributed by atoms with Crippen molar-refractivity contribution >= 4 is 5.78 Å². The molecular weight excluding hydrogens is 212 g/mol. The van der Waals surface area contributed by atoms with Crippen LogP contribution in [0.5, 0.6) is 0 Å². The third-order valence-electron chi connectivity index (χ3n) is 3.83. The Morgan fingerprint density at radius 2 is 2.06 bits per heavy atom. The number of hydrogen-bond donors (Lipinski definition) is 0. The summed E-state index contributed by atoms with van der Waals surface area (Å²) >= 11 is 0. The van der Waals surface area contributed by atoms with Gasteiger partial charge in [-0.05, 0) is 57.4 Å². The number of ether oxygens (including phenoxy) is 1. The van der Waals surface area contributed by atoms with Gasteiger partial charge in [-0.15, -0.1) is 0 Å². The molecule has 0 N–H and O–H groups in total. The first-order valence-electron chi connectivity index (χ1n) is 7.18. The highest BCUT2D eigenvalue weighted by molar-refractivity contribution is 5.90. The molecule has 2 fully saturated rings. The highest BCUT2D eigenvalue weighted by atomic mass is 16.5. The minimum Gasteiger partial charge on any atom is -0.378 e. The summed E-state index contributed by atoms with van der Waals surface area (Å²) in [5, 5.41) is 0. The summed E-state index contributed by atoms with van der Waals surface area (Å²) in [5.41, 5.74) is 1.39. The number of carbonyl (C=O) groups excluding carboxylic acids is 1. The van der Waals surface area contributed by atoms with Crippen LogP contribution in [-0.4, -0.2) is 18.5 Å². The van der Waals surface area contributed by atoms with Crippen LogP contribution in [0.25, 0.3) is 0 Å². The number of allylic oxidation sites excluding steroid dienone is 2. The first-order chi connectivity index (χ1) is 8.34. The second-order valence-corrected chi connectivity index (χ2v) is 5.36. The Labute approximate surface area is 104 Å². The molecule has 1 saturated carbocycles. The second kappa shape index (κ2) is 6.95. The van der Waals surface area contributed by atoms with Gasteiger partial charge in [0.15, 0.2) is 5.78 Å². The van der Waals surface area contributed by atoms with Crippen molar-refractivity contribution < 1.29 is 9.53 Å². The van der Waals surface area contributed by atoms with Crippen LogP contribution < -0.4 is 0 Å². The van der Waals surface area contributed by atoms with Crippen molar-refractivity contribution in [2.75, 3.05) is 6.61 Å². The Morgan fingerprint density at radius 3 is 2.76 bits per heavy atom. The fourth-order valence-electron chi connectivity index (χ4n) is 2.83. The lowest BCUT2D eigenvalue weighted by molar-refractivity contribution is -0.114. The molecular formula is C15H24O2. The smallest absolute Gasteiger partial charge is 0.155 e. The molecule has 96 valence electrons. The summed E-state index contributed by atoms with van der Waals surface area (Å²) in [6.45, 7) is 0.919. The summed E-state index contributed by atoms with van der Waals surface area (Å²) in [4.78, 5) is 11.8. The molecule has 2 rings (SSSR count). The van der Waals surface area contributed by atoms with Crippen molar-refractivity contribution in [2.45, 2.75) is 70.3 Å². The predicted octanol–water partition coefficient (Wildman–Crippen LogP) is 3.80. The van der Waals surface area contributed by atoms with Crippen LogP contribution in [0.2, 0.25) is 0 Å². The van der Waals surface area contributed by atoms with E-state index >= 15 is 0 Å². The highest BCUT2D eigenvalue weighted by Gasteiger charge is 2.15. The molecule has 0 aromatic carbocycles. The van der Waals surface area contributed by atoms with E-state index in [0.29, 0.717) is 18.3 Å². The van der Waals surface area contributed by atoms with E-state index in [9.17, 15) is 4.79 Å². The molecule has 2 heteroatoms. The first-order valence-corrected chi connectivity index (χ1v) is 7.18. The maximum Gasteiger partial charge on any atom is 0.155 e. The van der Waals surface area contributed by atoms with E-state index in [1.54, 1.807) is 0 Å². The van der Waals surface area contributed by atoms with Crippen LogP contribution in [0.15, 0.2) is 11.6 Å². The van der Waals surface area contributed by atoms with Gasteiger partial charge in [-0.1, -0.05) is 12.0 Å². The number of ketones is 1. The maximum atomic E-state index is 11.8. The fraction of sp³-hybridized carbons (Fsp3) is 0.800. The summed E-state index contributed by atoms with van der Waals surface area (Å²) in [5.74, 6) is 0.333. The molecule has 2 aliphatic rings. The van der Waals surface area contributed by atoms with E-state index in [-0.39, 0.29) is 0 Å². The van der Waals surface area contributed by atoms with Gasteiger partial charge < -0.3 is 4.74 Å². The van der Waals surface area contributed by atoms with Gasteiger partial charge in [0, 0.05) is 13.0 Å². The molecule has 1 aliphatic carbocycles. The van der Waals surface area contributed by atoms with Crippen LogP contribution in [-0.2, 0) is 9.53 Å². The molecule has 0 bridgehead atoms. The monoisotopic (exact) mass is 236 g/mol. The van der Waals surface area contributed by atoms with Gasteiger partial charge in [-0.25, -0.2) is 0 Å². The third kappa shape index (κ3) is 4.63. The summed E-state index contributed by atoms with van der Waals surface area (Å²) in [6, 6.07) is 0. The molecule has 1 atom stereocenters. The Bertz CT molecular complexity index is 267. The molecule has 0 spiro atoms. The van der Waals surface area contributed by atoms with Crippen LogP contribution in [0.3, 0.4) is 0 Å². The van der Waals surface area contributed by atoms with E-state index in [4.69, 9.17) is 4.74 Å². The van der Waals surface area contributed by atoms with Crippen molar-refractivity contribution in [1.82, 2.24) is 0 Å². The average molecular weight is 236 g/mol. The first kappa shape index (κ1) is 12.8. The topological polar surface area (TPSA) is 26.3 Å². The zero-order valence-electron chi connectivity index (χ0n) is 10.7. The fourth-order valence-corrected chi connectivity index (χ4v) is 2.83. The van der Waals surface area contributed by atoms with Gasteiger partial charge in [0.05, 0.1) is 6.10 Å². The Morgan fingerprint density at radius 1 is 1.24 bits per heavy atom. The van der Waals surface area contributed by atoms with E-state index < -0.39 is 0 Å². The van der Waals surface area contributed by atoms with Crippen molar-refractivity contribution in [3.8, 4) is 0 Å². The Hall–Kier alpha value is -0.630. The lowest BCUT2D eigenvalue weighted by Gasteiger charge is -2.13. The van der Waals surface area contributed by atoms with Gasteiger partial charge in [0.25, 0.3) is 0 Å². The van der Waals surface area contributed by atoms with Crippen molar-refractivity contribution in [3.63, 3.8) is 0 Å². The molecule has 2 nitrogen and oxygen atoms in total. The van der Waals surface area contributed by atoms with Crippen LogP contribution in [0.4, 0.5) is 0 Å². The zero-order chi connectivity index (χ0) is 11.9. The quantitative estimate of drug-likeness (QED) is 0.679. The van der Waals surface area contributed by atoms with Crippen molar-refractivity contribution in [2.24, 2.45) is 0 Å². The van der Waals surface area contributed by atoms with Gasteiger partial charge >= 0.3 is 0 Å². The SMILES string of the molecule is O=C(C=C1CCCCC1)CCCC1CCCO1. The molecule has 0 aromatic heterocycles. The molecule has 1 heterocycles. The van der Waals surface area contributed by atoms with Crippen LogP contribution >= 0.6 is 0 Å². The molecule has 0 amide bonds. The number of rotatable bonds is 5. The van der Waals surface area contributed by atoms with Crippen LogP contribution in [0, 0.1) is 0 Å². The lowest BCUT2D eigenvalue weighted by Crippen LogP contribution is -2.06. The Kier molecular flexibility index (Phi) is 5.24. The second-order valence-electron chi connectivity index (χ2n) is 5.36. The summed E-state index contributed by atoms with van der Waals surface area (Å²) < 4.78 is 5.56. The minimum absolute atomic E-state index is 0.333. The molecule has 1 unspecified atom stereocenters. The largest absolute Gasteiger partial charge is 0.378 e. The molecule has 0 aromatic rings. The van der Waals surface area contributed by atoms with E-state index in [1.807, 2.05) is 6.08 Å². The summed E-state index contributed by atoms with van der Waals surface area (Å²) in [6.07, 6.45) is 13.7. The maximum absolute atomic E-state index is 11.8. The van der Waals surface area contributed by atoms with Gasteiger partial charge in [0.1, 0.15) is 0 Å². The molecule has 0 radical (unpaired) electrons. The van der Waals surface area contributed by atoms with Gasteiger partial charge in [0.2, 0.25) is 0 Å². The predicted molar refractivity (Wildman–Crippen MR) is 69.0 cm³/mol. The highest BCUT2D eigenvalue weighted by Crippen LogP contribution is 2.23. The van der Waals surface area contributed by atoms with E-state index in [1.165, 1.54) is 37.7 Å². The zero-order valence-corrected chi connectivity index (χ0v) is 10.7. The average Bonchev–Trinajstić information content (AvgIpc) is 2.83. The van der Waals surface area contributed by atoms with E-state index in [0.717, 1.165) is 32.3 Å². The molecule has 1 aliphatic heterocycles. The van der Waals surface area contributed by atoms with Gasteiger partial charge in [-0.2, -0.15) is 0 Å². The Balaban J connectivity index is 1.62. The normalized spacial score (nSPS) is 24.9. The number of carbonyl (C=O) groups is 1.